The number of nitrogens with zero attached hydrogens (tertiary/aromatic N) is 4. The van der Waals surface area contributed by atoms with Gasteiger partial charge in [0.15, 0.2) is 0 Å². The lowest BCUT2D eigenvalue weighted by Crippen LogP contribution is -2.48. The number of anilines is 1. The van der Waals surface area contributed by atoms with Gasteiger partial charge >= 0.3 is 0 Å². The number of rotatable bonds is 6. The Balaban J connectivity index is 1.91. The van der Waals surface area contributed by atoms with Crippen molar-refractivity contribution >= 4 is 11.4 Å². The smallest absolute Gasteiger partial charge is 0.292 e. The molecule has 1 heterocycles. The third-order valence-corrected chi connectivity index (χ3v) is 4.04. The predicted molar refractivity (Wildman–Crippen MR) is 86.3 cm³/mol. The van der Waals surface area contributed by atoms with E-state index in [4.69, 9.17) is 0 Å². The SMILES string of the molecule is CN1CCN(C[C@H](O)CN(C)c2ccccc2[N+](=O)[O-])CC1. The Labute approximate surface area is 130 Å². The molecule has 0 radical (unpaired) electrons. The molecule has 0 unspecified atom stereocenters. The minimum atomic E-state index is -0.534. The topological polar surface area (TPSA) is 73.1 Å². The van der Waals surface area contributed by atoms with Gasteiger partial charge in [-0.05, 0) is 13.1 Å². The van der Waals surface area contributed by atoms with E-state index in [0.29, 0.717) is 18.8 Å². The van der Waals surface area contributed by atoms with Crippen molar-refractivity contribution in [3.63, 3.8) is 0 Å². The molecule has 1 aromatic carbocycles. The summed E-state index contributed by atoms with van der Waals surface area (Å²) in [5.74, 6) is 0. The van der Waals surface area contributed by atoms with E-state index in [2.05, 4.69) is 16.8 Å². The molecule has 22 heavy (non-hydrogen) atoms. The van der Waals surface area contributed by atoms with Crippen LogP contribution in [0.1, 0.15) is 0 Å². The molecule has 0 bridgehead atoms. The van der Waals surface area contributed by atoms with Crippen LogP contribution in [0.5, 0.6) is 0 Å². The van der Waals surface area contributed by atoms with Crippen molar-refractivity contribution in [2.45, 2.75) is 6.10 Å². The van der Waals surface area contributed by atoms with Gasteiger partial charge in [-0.15, -0.1) is 0 Å². The van der Waals surface area contributed by atoms with Crippen molar-refractivity contribution in [1.82, 2.24) is 9.80 Å². The average Bonchev–Trinajstić information content (AvgIpc) is 2.49. The summed E-state index contributed by atoms with van der Waals surface area (Å²) in [7, 11) is 3.87. The molecule has 7 heteroatoms. The minimum absolute atomic E-state index is 0.0665. The van der Waals surface area contributed by atoms with Crippen LogP contribution in [0.15, 0.2) is 24.3 Å². The Hall–Kier alpha value is -1.70. The van der Waals surface area contributed by atoms with Crippen molar-refractivity contribution in [3.8, 4) is 0 Å². The molecule has 2 rings (SSSR count). The van der Waals surface area contributed by atoms with E-state index in [1.54, 1.807) is 30.1 Å². The van der Waals surface area contributed by atoms with Gasteiger partial charge in [0.1, 0.15) is 5.69 Å². The molecule has 7 nitrogen and oxygen atoms in total. The van der Waals surface area contributed by atoms with Crippen molar-refractivity contribution < 1.29 is 10.0 Å². The van der Waals surface area contributed by atoms with Crippen LogP contribution in [0.4, 0.5) is 11.4 Å². The van der Waals surface area contributed by atoms with Crippen molar-refractivity contribution in [2.24, 2.45) is 0 Å². The zero-order valence-electron chi connectivity index (χ0n) is 13.2. The van der Waals surface area contributed by atoms with E-state index in [9.17, 15) is 15.2 Å². The van der Waals surface area contributed by atoms with Gasteiger partial charge in [-0.2, -0.15) is 0 Å². The number of hydrogen-bond acceptors (Lipinski definition) is 6. The lowest BCUT2D eigenvalue weighted by molar-refractivity contribution is -0.384. The summed E-state index contributed by atoms with van der Waals surface area (Å²) in [6.45, 7) is 4.88. The van der Waals surface area contributed by atoms with E-state index in [1.165, 1.54) is 6.07 Å². The van der Waals surface area contributed by atoms with Crippen LogP contribution >= 0.6 is 0 Å². The van der Waals surface area contributed by atoms with Crippen LogP contribution in [0.25, 0.3) is 0 Å². The van der Waals surface area contributed by atoms with Crippen LogP contribution in [-0.2, 0) is 0 Å². The van der Waals surface area contributed by atoms with Crippen LogP contribution in [0, 0.1) is 10.1 Å². The largest absolute Gasteiger partial charge is 0.390 e. The lowest BCUT2D eigenvalue weighted by atomic mass is 10.2. The molecule has 1 atom stereocenters. The minimum Gasteiger partial charge on any atom is -0.390 e. The molecule has 0 amide bonds. The molecule has 1 aliphatic rings. The number of likely N-dealkylation sites (N-methyl/N-ethyl adjacent to an activating group) is 2. The third kappa shape index (κ3) is 4.40. The Morgan fingerprint density at radius 3 is 2.59 bits per heavy atom. The second-order valence-electron chi connectivity index (χ2n) is 5.88. The lowest BCUT2D eigenvalue weighted by Gasteiger charge is -2.34. The second-order valence-corrected chi connectivity index (χ2v) is 5.88. The van der Waals surface area contributed by atoms with Crippen LogP contribution < -0.4 is 4.90 Å². The van der Waals surface area contributed by atoms with Gasteiger partial charge in [-0.25, -0.2) is 0 Å². The normalized spacial score (nSPS) is 18.1. The molecule has 0 aromatic heterocycles. The molecule has 0 spiro atoms. The van der Waals surface area contributed by atoms with E-state index in [0.717, 1.165) is 26.2 Å². The highest BCUT2D eigenvalue weighted by molar-refractivity contribution is 5.62. The highest BCUT2D eigenvalue weighted by atomic mass is 16.6. The first-order valence-electron chi connectivity index (χ1n) is 7.51. The summed E-state index contributed by atoms with van der Waals surface area (Å²) in [6.07, 6.45) is -0.534. The van der Waals surface area contributed by atoms with Gasteiger partial charge in [0.2, 0.25) is 0 Å². The van der Waals surface area contributed by atoms with Gasteiger partial charge in [0.25, 0.3) is 5.69 Å². The number of β-amino-alcohol motifs (C(OH)–C–C–N with tert-alkyl or cyclic N) is 1. The Kier molecular flexibility index (Phi) is 5.70. The summed E-state index contributed by atoms with van der Waals surface area (Å²) in [6, 6.07) is 6.61. The first kappa shape index (κ1) is 16.7. The van der Waals surface area contributed by atoms with Crippen molar-refractivity contribution in [2.75, 3.05) is 58.3 Å². The predicted octanol–water partition coefficient (Wildman–Crippen LogP) is 0.639. The monoisotopic (exact) mass is 308 g/mol. The average molecular weight is 308 g/mol. The quantitative estimate of drug-likeness (QED) is 0.614. The van der Waals surface area contributed by atoms with Crippen molar-refractivity contribution in [3.05, 3.63) is 34.4 Å². The summed E-state index contributed by atoms with van der Waals surface area (Å²) in [5, 5.41) is 21.3. The fourth-order valence-electron chi connectivity index (χ4n) is 2.74. The number of piperazine rings is 1. The number of para-hydroxylation sites is 2. The third-order valence-electron chi connectivity index (χ3n) is 4.04. The number of nitro groups is 1. The Bertz CT molecular complexity index is 503. The van der Waals surface area contributed by atoms with E-state index < -0.39 is 11.0 Å². The molecule has 1 N–H and O–H groups in total. The molecule has 1 aliphatic heterocycles. The summed E-state index contributed by atoms with van der Waals surface area (Å²) in [5.41, 5.74) is 0.599. The van der Waals surface area contributed by atoms with Crippen LogP contribution in [-0.4, -0.2) is 79.3 Å². The fraction of sp³-hybridized carbons (Fsp3) is 0.600. The summed E-state index contributed by atoms with van der Waals surface area (Å²) in [4.78, 5) is 16.9. The van der Waals surface area contributed by atoms with E-state index in [1.807, 2.05) is 0 Å². The number of aliphatic hydroxyl groups is 1. The molecule has 0 aliphatic carbocycles. The van der Waals surface area contributed by atoms with Crippen molar-refractivity contribution in [1.29, 1.82) is 0 Å². The van der Waals surface area contributed by atoms with E-state index >= 15 is 0 Å². The Morgan fingerprint density at radius 2 is 1.95 bits per heavy atom. The van der Waals surface area contributed by atoms with Gasteiger partial charge < -0.3 is 14.9 Å². The number of benzene rings is 1. The first-order chi connectivity index (χ1) is 10.5. The van der Waals surface area contributed by atoms with Gasteiger partial charge in [-0.3, -0.25) is 15.0 Å². The zero-order valence-corrected chi connectivity index (χ0v) is 13.2. The number of aliphatic hydroxyl groups excluding tert-OH is 1. The van der Waals surface area contributed by atoms with Crippen LogP contribution in [0.2, 0.25) is 0 Å². The van der Waals surface area contributed by atoms with Crippen LogP contribution in [0.3, 0.4) is 0 Å². The molecule has 0 saturated carbocycles. The second kappa shape index (κ2) is 7.53. The Morgan fingerprint density at radius 1 is 1.32 bits per heavy atom. The number of hydrogen-bond donors (Lipinski definition) is 1. The van der Waals surface area contributed by atoms with Gasteiger partial charge in [0.05, 0.1) is 11.0 Å². The maximum Gasteiger partial charge on any atom is 0.292 e. The highest BCUT2D eigenvalue weighted by Crippen LogP contribution is 2.26. The maximum atomic E-state index is 11.1. The molecule has 1 aromatic rings. The van der Waals surface area contributed by atoms with E-state index in [-0.39, 0.29) is 5.69 Å². The molecular weight excluding hydrogens is 284 g/mol. The number of nitro benzene ring substituents is 1. The zero-order chi connectivity index (χ0) is 16.1. The molecule has 122 valence electrons. The molecular formula is C15H24N4O3. The van der Waals surface area contributed by atoms with Gasteiger partial charge in [-0.1, -0.05) is 12.1 Å². The first-order valence-corrected chi connectivity index (χ1v) is 7.51. The summed E-state index contributed by atoms with van der Waals surface area (Å²) < 4.78 is 0. The molecule has 1 fully saturated rings. The molecule has 1 saturated heterocycles. The fourth-order valence-corrected chi connectivity index (χ4v) is 2.74. The van der Waals surface area contributed by atoms with Gasteiger partial charge in [0, 0.05) is 52.4 Å². The summed E-state index contributed by atoms with van der Waals surface area (Å²) >= 11 is 0. The highest BCUT2D eigenvalue weighted by Gasteiger charge is 2.21. The maximum absolute atomic E-state index is 11.1. The standard InChI is InChI=1S/C15H24N4O3/c1-16-7-9-18(10-8-16)12-13(20)11-17(2)14-5-3-4-6-15(14)19(21)22/h3-6,13,20H,7-12H2,1-2H3/t13-/m1/s1.